The molecule has 0 aliphatic heterocycles. The largest absolute Gasteiger partial charge is 0.392 e. The van der Waals surface area contributed by atoms with Gasteiger partial charge < -0.3 is 5.11 Å². The second kappa shape index (κ2) is 7.56. The number of nitriles is 1. The van der Waals surface area contributed by atoms with E-state index in [0.717, 1.165) is 11.1 Å². The Labute approximate surface area is 124 Å². The predicted molar refractivity (Wildman–Crippen MR) is 81.2 cm³/mol. The maximum atomic E-state index is 14.5. The van der Waals surface area contributed by atoms with Gasteiger partial charge in [0.25, 0.3) is 0 Å². The summed E-state index contributed by atoms with van der Waals surface area (Å²) in [7, 11) is 0. The molecule has 2 atom stereocenters. The Balaban J connectivity index is 2.15. The highest BCUT2D eigenvalue weighted by Crippen LogP contribution is 2.32. The first-order valence-corrected chi connectivity index (χ1v) is 7.06. The number of aliphatic hydroxyl groups excluding tert-OH is 1. The van der Waals surface area contributed by atoms with Gasteiger partial charge in [-0.1, -0.05) is 54.6 Å². The predicted octanol–water partition coefficient (Wildman–Crippen LogP) is 4.42. The average molecular weight is 283 g/mol. The minimum atomic E-state index is -1.14. The van der Waals surface area contributed by atoms with E-state index in [4.69, 9.17) is 5.26 Å². The molecule has 2 rings (SSSR count). The van der Waals surface area contributed by atoms with Gasteiger partial charge in [0.1, 0.15) is 6.17 Å². The van der Waals surface area contributed by atoms with Crippen molar-refractivity contribution in [1.29, 1.82) is 5.26 Å². The zero-order chi connectivity index (χ0) is 15.1. The molecule has 3 heteroatoms. The first-order chi connectivity index (χ1) is 10.2. The normalized spacial score (nSPS) is 13.4. The molecule has 108 valence electrons. The number of hydrogen-bond donors (Lipinski definition) is 1. The van der Waals surface area contributed by atoms with Crippen LogP contribution in [0, 0.1) is 11.3 Å². The minimum absolute atomic E-state index is 0.0487. The lowest BCUT2D eigenvalue weighted by atomic mass is 9.94. The number of alkyl halides is 1. The van der Waals surface area contributed by atoms with Gasteiger partial charge >= 0.3 is 0 Å². The van der Waals surface area contributed by atoms with Crippen LogP contribution in [0.1, 0.15) is 31.0 Å². The van der Waals surface area contributed by atoms with Crippen molar-refractivity contribution in [3.8, 4) is 17.2 Å². The molecule has 0 aliphatic rings. The lowest BCUT2D eigenvalue weighted by molar-refractivity contribution is 0.151. The molecular formula is C18H18FNO. The van der Waals surface area contributed by atoms with E-state index in [1.165, 1.54) is 0 Å². The van der Waals surface area contributed by atoms with Crippen LogP contribution < -0.4 is 0 Å². The van der Waals surface area contributed by atoms with Crippen molar-refractivity contribution < 1.29 is 9.50 Å². The summed E-state index contributed by atoms with van der Waals surface area (Å²) in [6.45, 7) is 0. The number of aliphatic hydroxyl groups is 1. The highest BCUT2D eigenvalue weighted by molar-refractivity contribution is 5.67. The Morgan fingerprint density at radius 3 is 2.38 bits per heavy atom. The second-order valence-corrected chi connectivity index (χ2v) is 5.01. The minimum Gasteiger partial charge on any atom is -0.392 e. The van der Waals surface area contributed by atoms with Crippen molar-refractivity contribution in [3.63, 3.8) is 0 Å². The Morgan fingerprint density at radius 1 is 1.00 bits per heavy atom. The SMILES string of the molecule is N#CCC(O)CCC(F)c1ccccc1-c1ccccc1. The molecule has 0 amide bonds. The zero-order valence-electron chi connectivity index (χ0n) is 11.7. The molecule has 0 spiro atoms. The summed E-state index contributed by atoms with van der Waals surface area (Å²) in [5, 5.41) is 18.1. The van der Waals surface area contributed by atoms with Gasteiger partial charge in [-0.05, 0) is 29.5 Å². The lowest BCUT2D eigenvalue weighted by Gasteiger charge is -2.15. The highest BCUT2D eigenvalue weighted by atomic mass is 19.1. The van der Waals surface area contributed by atoms with E-state index >= 15 is 0 Å². The third-order valence-corrected chi connectivity index (χ3v) is 3.46. The van der Waals surface area contributed by atoms with Crippen molar-refractivity contribution in [2.45, 2.75) is 31.5 Å². The molecule has 1 N–H and O–H groups in total. The van der Waals surface area contributed by atoms with Gasteiger partial charge in [-0.2, -0.15) is 5.26 Å². The molecule has 2 unspecified atom stereocenters. The number of rotatable bonds is 6. The van der Waals surface area contributed by atoms with Crippen LogP contribution in [0.2, 0.25) is 0 Å². The first kappa shape index (κ1) is 15.2. The molecule has 0 aliphatic carbocycles. The van der Waals surface area contributed by atoms with E-state index in [0.29, 0.717) is 5.56 Å². The van der Waals surface area contributed by atoms with Gasteiger partial charge in [-0.15, -0.1) is 0 Å². The summed E-state index contributed by atoms with van der Waals surface area (Å²) >= 11 is 0. The van der Waals surface area contributed by atoms with Crippen LogP contribution in [0.5, 0.6) is 0 Å². The van der Waals surface area contributed by atoms with Gasteiger partial charge in [0.2, 0.25) is 0 Å². The molecule has 2 aromatic carbocycles. The van der Waals surface area contributed by atoms with Crippen molar-refractivity contribution in [3.05, 3.63) is 60.2 Å². The summed E-state index contributed by atoms with van der Waals surface area (Å²) in [5.74, 6) is 0. The van der Waals surface area contributed by atoms with Gasteiger partial charge in [-0.25, -0.2) is 4.39 Å². The quantitative estimate of drug-likeness (QED) is 0.853. The topological polar surface area (TPSA) is 44.0 Å². The van der Waals surface area contributed by atoms with Crippen LogP contribution >= 0.6 is 0 Å². The Kier molecular flexibility index (Phi) is 5.48. The monoisotopic (exact) mass is 283 g/mol. The third kappa shape index (κ3) is 4.14. The number of hydrogen-bond acceptors (Lipinski definition) is 2. The van der Waals surface area contributed by atoms with Crippen LogP contribution in [0.15, 0.2) is 54.6 Å². The van der Waals surface area contributed by atoms with E-state index in [2.05, 4.69) is 0 Å². The summed E-state index contributed by atoms with van der Waals surface area (Å²) in [5.41, 5.74) is 2.49. The Bertz CT molecular complexity index is 606. The maximum Gasteiger partial charge on any atom is 0.126 e. The van der Waals surface area contributed by atoms with Gasteiger partial charge in [0.15, 0.2) is 0 Å². The number of nitrogens with zero attached hydrogens (tertiary/aromatic N) is 1. The van der Waals surface area contributed by atoms with Crippen molar-refractivity contribution in [1.82, 2.24) is 0 Å². The summed E-state index contributed by atoms with van der Waals surface area (Å²) in [4.78, 5) is 0. The first-order valence-electron chi connectivity index (χ1n) is 7.06. The van der Waals surface area contributed by atoms with Crippen LogP contribution in [0.25, 0.3) is 11.1 Å². The summed E-state index contributed by atoms with van der Waals surface area (Å²) in [6.07, 6.45) is -1.34. The van der Waals surface area contributed by atoms with Crippen molar-refractivity contribution in [2.24, 2.45) is 0 Å². The molecule has 0 radical (unpaired) electrons. The van der Waals surface area contributed by atoms with Crippen LogP contribution in [-0.4, -0.2) is 11.2 Å². The molecule has 0 heterocycles. The fourth-order valence-corrected chi connectivity index (χ4v) is 2.35. The molecule has 0 bridgehead atoms. The van der Waals surface area contributed by atoms with E-state index < -0.39 is 12.3 Å². The second-order valence-electron chi connectivity index (χ2n) is 5.01. The fourth-order valence-electron chi connectivity index (χ4n) is 2.35. The van der Waals surface area contributed by atoms with Gasteiger partial charge in [0.05, 0.1) is 18.6 Å². The lowest BCUT2D eigenvalue weighted by Crippen LogP contribution is -2.07. The van der Waals surface area contributed by atoms with Gasteiger partial charge in [-0.3, -0.25) is 0 Å². The molecule has 2 aromatic rings. The average Bonchev–Trinajstić information content (AvgIpc) is 2.54. The van der Waals surface area contributed by atoms with Crippen LogP contribution in [0.4, 0.5) is 4.39 Å². The summed E-state index contributed by atoms with van der Waals surface area (Å²) < 4.78 is 14.5. The van der Waals surface area contributed by atoms with Crippen molar-refractivity contribution in [2.75, 3.05) is 0 Å². The van der Waals surface area contributed by atoms with Crippen molar-refractivity contribution >= 4 is 0 Å². The number of benzene rings is 2. The smallest absolute Gasteiger partial charge is 0.126 e. The van der Waals surface area contributed by atoms with Gasteiger partial charge in [0, 0.05) is 0 Å². The molecule has 2 nitrogen and oxygen atoms in total. The van der Waals surface area contributed by atoms with E-state index in [-0.39, 0.29) is 19.3 Å². The molecule has 0 fully saturated rings. The molecular weight excluding hydrogens is 265 g/mol. The molecule has 0 saturated heterocycles. The Morgan fingerprint density at radius 2 is 1.67 bits per heavy atom. The molecule has 0 aromatic heterocycles. The zero-order valence-corrected chi connectivity index (χ0v) is 11.7. The van der Waals surface area contributed by atoms with E-state index in [9.17, 15) is 9.50 Å². The Hall–Kier alpha value is -2.18. The third-order valence-electron chi connectivity index (χ3n) is 3.46. The van der Waals surface area contributed by atoms with E-state index in [1.807, 2.05) is 54.6 Å². The van der Waals surface area contributed by atoms with Crippen LogP contribution in [-0.2, 0) is 0 Å². The highest BCUT2D eigenvalue weighted by Gasteiger charge is 2.16. The molecule has 21 heavy (non-hydrogen) atoms. The summed E-state index contributed by atoms with van der Waals surface area (Å²) in [6, 6.07) is 19.0. The van der Waals surface area contributed by atoms with Crippen LogP contribution in [0.3, 0.4) is 0 Å². The van der Waals surface area contributed by atoms with E-state index in [1.54, 1.807) is 6.07 Å². The fraction of sp³-hybridized carbons (Fsp3) is 0.278. The standard InChI is InChI=1S/C18H18FNO/c19-18(11-10-15(21)12-13-20)17-9-5-4-8-16(17)14-6-2-1-3-7-14/h1-9,15,18,21H,10-12H2. The maximum absolute atomic E-state index is 14.5. The number of halogens is 1. The molecule has 0 saturated carbocycles.